The lowest BCUT2D eigenvalue weighted by molar-refractivity contribution is 0.297. The molecule has 0 bridgehead atoms. The normalized spacial score (nSPS) is 10.9. The van der Waals surface area contributed by atoms with Gasteiger partial charge in [-0.05, 0) is 42.3 Å². The summed E-state index contributed by atoms with van der Waals surface area (Å²) < 4.78 is 18.8. The zero-order chi connectivity index (χ0) is 13.9. The van der Waals surface area contributed by atoms with Gasteiger partial charge >= 0.3 is 0 Å². The Bertz CT molecular complexity index is 719. The van der Waals surface area contributed by atoms with Gasteiger partial charge in [-0.15, -0.1) is 0 Å². The third kappa shape index (κ3) is 2.64. The summed E-state index contributed by atoms with van der Waals surface area (Å²) >= 11 is 0. The number of aromatic nitrogens is 2. The van der Waals surface area contributed by atoms with Gasteiger partial charge in [0, 0.05) is 0 Å². The van der Waals surface area contributed by atoms with E-state index in [1.165, 1.54) is 17.7 Å². The summed E-state index contributed by atoms with van der Waals surface area (Å²) in [5.41, 5.74) is 2.70. The lowest BCUT2D eigenvalue weighted by Crippen LogP contribution is -1.97. The number of nitrogens with zero attached hydrogens (tertiary/aromatic N) is 1. The molecule has 0 amide bonds. The molecule has 1 aromatic heterocycles. The van der Waals surface area contributed by atoms with E-state index in [1.807, 2.05) is 24.3 Å². The molecule has 0 fully saturated rings. The SMILES string of the molecule is CCc1ccc(OCc2nc3ccc(F)cc3[nH]2)cc1. The highest BCUT2D eigenvalue weighted by atomic mass is 19.1. The van der Waals surface area contributed by atoms with Gasteiger partial charge in [-0.1, -0.05) is 19.1 Å². The molecule has 0 saturated carbocycles. The molecular formula is C16H15FN2O. The number of halogens is 1. The number of benzene rings is 2. The number of ether oxygens (including phenoxy) is 1. The topological polar surface area (TPSA) is 37.9 Å². The Kier molecular flexibility index (Phi) is 3.37. The van der Waals surface area contributed by atoms with Crippen molar-refractivity contribution in [3.05, 3.63) is 59.7 Å². The van der Waals surface area contributed by atoms with Crippen LogP contribution in [0.25, 0.3) is 11.0 Å². The van der Waals surface area contributed by atoms with Crippen LogP contribution < -0.4 is 4.74 Å². The van der Waals surface area contributed by atoms with Gasteiger partial charge in [0.15, 0.2) is 0 Å². The molecule has 20 heavy (non-hydrogen) atoms. The molecule has 3 nitrogen and oxygen atoms in total. The molecule has 3 aromatic rings. The summed E-state index contributed by atoms with van der Waals surface area (Å²) in [5.74, 6) is 1.21. The summed E-state index contributed by atoms with van der Waals surface area (Å²) in [6.45, 7) is 2.45. The highest BCUT2D eigenvalue weighted by molar-refractivity contribution is 5.74. The molecule has 1 N–H and O–H groups in total. The van der Waals surface area contributed by atoms with Crippen LogP contribution in [0.3, 0.4) is 0 Å². The van der Waals surface area contributed by atoms with Gasteiger partial charge in [0.25, 0.3) is 0 Å². The van der Waals surface area contributed by atoms with Crippen LogP contribution in [0.4, 0.5) is 4.39 Å². The van der Waals surface area contributed by atoms with Crippen molar-refractivity contribution < 1.29 is 9.13 Å². The molecule has 0 saturated heterocycles. The van der Waals surface area contributed by atoms with E-state index in [9.17, 15) is 4.39 Å². The van der Waals surface area contributed by atoms with E-state index in [-0.39, 0.29) is 5.82 Å². The van der Waals surface area contributed by atoms with E-state index < -0.39 is 0 Å². The molecule has 0 spiro atoms. The number of aryl methyl sites for hydroxylation is 1. The Balaban J connectivity index is 1.72. The van der Waals surface area contributed by atoms with Crippen LogP contribution in [0.15, 0.2) is 42.5 Å². The average Bonchev–Trinajstić information content (AvgIpc) is 2.87. The molecule has 0 aliphatic carbocycles. The van der Waals surface area contributed by atoms with E-state index in [2.05, 4.69) is 16.9 Å². The molecular weight excluding hydrogens is 255 g/mol. The fraction of sp³-hybridized carbons (Fsp3) is 0.188. The second-order valence-corrected chi connectivity index (χ2v) is 4.63. The van der Waals surface area contributed by atoms with E-state index in [0.717, 1.165) is 17.7 Å². The minimum Gasteiger partial charge on any atom is -0.486 e. The van der Waals surface area contributed by atoms with Crippen molar-refractivity contribution in [1.82, 2.24) is 9.97 Å². The van der Waals surface area contributed by atoms with E-state index >= 15 is 0 Å². The summed E-state index contributed by atoms with van der Waals surface area (Å²) in [6.07, 6.45) is 1.01. The first-order valence-electron chi connectivity index (χ1n) is 6.60. The minimum atomic E-state index is -0.274. The van der Waals surface area contributed by atoms with Crippen molar-refractivity contribution in [2.45, 2.75) is 20.0 Å². The lowest BCUT2D eigenvalue weighted by Gasteiger charge is -2.04. The van der Waals surface area contributed by atoms with Crippen molar-refractivity contribution in [1.29, 1.82) is 0 Å². The highest BCUT2D eigenvalue weighted by Crippen LogP contribution is 2.16. The molecule has 102 valence electrons. The second kappa shape index (κ2) is 5.33. The first-order valence-corrected chi connectivity index (χ1v) is 6.60. The number of aromatic amines is 1. The van der Waals surface area contributed by atoms with Crippen LogP contribution >= 0.6 is 0 Å². The fourth-order valence-corrected chi connectivity index (χ4v) is 2.08. The standard InChI is InChI=1S/C16H15FN2O/c1-2-11-3-6-13(7-4-11)20-10-16-18-14-8-5-12(17)9-15(14)19-16/h3-9H,2,10H2,1H3,(H,18,19). The molecule has 0 aliphatic heterocycles. The number of fused-ring (bicyclic) bond motifs is 1. The van der Waals surface area contributed by atoms with Crippen molar-refractivity contribution in [2.24, 2.45) is 0 Å². The zero-order valence-corrected chi connectivity index (χ0v) is 11.2. The number of imidazole rings is 1. The highest BCUT2D eigenvalue weighted by Gasteiger charge is 2.04. The molecule has 1 heterocycles. The van der Waals surface area contributed by atoms with Crippen LogP contribution in [0, 0.1) is 5.82 Å². The van der Waals surface area contributed by atoms with Crippen LogP contribution in [-0.4, -0.2) is 9.97 Å². The first kappa shape index (κ1) is 12.7. The largest absolute Gasteiger partial charge is 0.486 e. The minimum absolute atomic E-state index is 0.274. The Morgan fingerprint density at radius 3 is 2.70 bits per heavy atom. The monoisotopic (exact) mass is 270 g/mol. The summed E-state index contributed by atoms with van der Waals surface area (Å²) in [6, 6.07) is 12.5. The number of H-pyrrole nitrogens is 1. The van der Waals surface area contributed by atoms with E-state index in [0.29, 0.717) is 17.9 Å². The Hall–Kier alpha value is -2.36. The number of hydrogen-bond donors (Lipinski definition) is 1. The molecule has 0 atom stereocenters. The van der Waals surface area contributed by atoms with Crippen LogP contribution in [0.1, 0.15) is 18.3 Å². The molecule has 0 aliphatic rings. The van der Waals surface area contributed by atoms with E-state index in [4.69, 9.17) is 4.74 Å². The van der Waals surface area contributed by atoms with Crippen molar-refractivity contribution in [3.63, 3.8) is 0 Å². The molecule has 4 heteroatoms. The predicted molar refractivity (Wildman–Crippen MR) is 76.2 cm³/mol. The number of rotatable bonds is 4. The summed E-state index contributed by atoms with van der Waals surface area (Å²) in [4.78, 5) is 7.41. The van der Waals surface area contributed by atoms with Gasteiger partial charge in [0.1, 0.15) is 24.0 Å². The van der Waals surface area contributed by atoms with Crippen molar-refractivity contribution in [2.75, 3.05) is 0 Å². The van der Waals surface area contributed by atoms with Gasteiger partial charge in [-0.2, -0.15) is 0 Å². The van der Waals surface area contributed by atoms with Gasteiger partial charge < -0.3 is 9.72 Å². The number of nitrogens with one attached hydrogen (secondary N) is 1. The van der Waals surface area contributed by atoms with Gasteiger partial charge in [-0.3, -0.25) is 0 Å². The van der Waals surface area contributed by atoms with Gasteiger partial charge in [-0.25, -0.2) is 9.37 Å². The quantitative estimate of drug-likeness (QED) is 0.782. The fourth-order valence-electron chi connectivity index (χ4n) is 2.08. The third-order valence-corrected chi connectivity index (χ3v) is 3.20. The predicted octanol–water partition coefficient (Wildman–Crippen LogP) is 3.84. The number of hydrogen-bond acceptors (Lipinski definition) is 2. The van der Waals surface area contributed by atoms with Crippen LogP contribution in [0.5, 0.6) is 5.75 Å². The maximum absolute atomic E-state index is 13.1. The molecule has 2 aromatic carbocycles. The van der Waals surface area contributed by atoms with Crippen molar-refractivity contribution >= 4 is 11.0 Å². The molecule has 3 rings (SSSR count). The molecule has 0 unspecified atom stereocenters. The van der Waals surface area contributed by atoms with Crippen LogP contribution in [-0.2, 0) is 13.0 Å². The Morgan fingerprint density at radius 2 is 1.95 bits per heavy atom. The third-order valence-electron chi connectivity index (χ3n) is 3.20. The summed E-state index contributed by atoms with van der Waals surface area (Å²) in [7, 11) is 0. The zero-order valence-electron chi connectivity index (χ0n) is 11.2. The summed E-state index contributed by atoms with van der Waals surface area (Å²) in [5, 5.41) is 0. The van der Waals surface area contributed by atoms with E-state index in [1.54, 1.807) is 6.07 Å². The van der Waals surface area contributed by atoms with Gasteiger partial charge in [0.05, 0.1) is 11.0 Å². The smallest absolute Gasteiger partial charge is 0.146 e. The van der Waals surface area contributed by atoms with Gasteiger partial charge in [0.2, 0.25) is 0 Å². The maximum Gasteiger partial charge on any atom is 0.146 e. The Morgan fingerprint density at radius 1 is 1.15 bits per heavy atom. The van der Waals surface area contributed by atoms with Crippen molar-refractivity contribution in [3.8, 4) is 5.75 Å². The Labute approximate surface area is 116 Å². The lowest BCUT2D eigenvalue weighted by atomic mass is 10.2. The average molecular weight is 270 g/mol. The second-order valence-electron chi connectivity index (χ2n) is 4.63. The van der Waals surface area contributed by atoms with Crippen LogP contribution in [0.2, 0.25) is 0 Å². The molecule has 0 radical (unpaired) electrons. The first-order chi connectivity index (χ1) is 9.74. The maximum atomic E-state index is 13.1.